The van der Waals surface area contributed by atoms with Crippen LogP contribution in [-0.4, -0.2) is 48.7 Å². The molecular formula is C13H16BrF3N2. The molecule has 6 heteroatoms. The fourth-order valence-electron chi connectivity index (χ4n) is 2.23. The van der Waals surface area contributed by atoms with Crippen molar-refractivity contribution in [3.05, 3.63) is 34.3 Å². The molecule has 1 aliphatic heterocycles. The van der Waals surface area contributed by atoms with Gasteiger partial charge < -0.3 is 0 Å². The first-order valence-corrected chi connectivity index (χ1v) is 6.98. The second-order valence-corrected chi connectivity index (χ2v) is 5.61. The van der Waals surface area contributed by atoms with Crippen LogP contribution in [0.3, 0.4) is 0 Å². The molecule has 1 fully saturated rings. The lowest BCUT2D eigenvalue weighted by Crippen LogP contribution is -2.48. The summed E-state index contributed by atoms with van der Waals surface area (Å²) < 4.78 is 37.9. The van der Waals surface area contributed by atoms with Crippen molar-refractivity contribution in [3.8, 4) is 0 Å². The van der Waals surface area contributed by atoms with Crippen LogP contribution in [0.15, 0.2) is 28.7 Å². The Hall–Kier alpha value is -0.590. The van der Waals surface area contributed by atoms with Crippen LogP contribution < -0.4 is 0 Å². The van der Waals surface area contributed by atoms with Crippen LogP contribution in [-0.2, 0) is 6.54 Å². The van der Waals surface area contributed by atoms with E-state index in [0.29, 0.717) is 26.2 Å². The molecule has 0 aromatic heterocycles. The highest BCUT2D eigenvalue weighted by Gasteiger charge is 2.32. The molecule has 0 radical (unpaired) electrons. The fraction of sp³-hybridized carbons (Fsp3) is 0.538. The molecule has 0 N–H and O–H groups in total. The SMILES string of the molecule is FC(F)(F)CN1CCN(Cc2ccccc2Br)CC1. The zero-order valence-electron chi connectivity index (χ0n) is 10.5. The van der Waals surface area contributed by atoms with Gasteiger partial charge in [0, 0.05) is 37.2 Å². The predicted molar refractivity (Wildman–Crippen MR) is 71.9 cm³/mol. The van der Waals surface area contributed by atoms with Gasteiger partial charge in [0.15, 0.2) is 0 Å². The minimum Gasteiger partial charge on any atom is -0.297 e. The van der Waals surface area contributed by atoms with Crippen LogP contribution in [0.5, 0.6) is 0 Å². The van der Waals surface area contributed by atoms with E-state index in [4.69, 9.17) is 0 Å². The summed E-state index contributed by atoms with van der Waals surface area (Å²) in [6, 6.07) is 7.94. The summed E-state index contributed by atoms with van der Waals surface area (Å²) in [6.45, 7) is 2.29. The lowest BCUT2D eigenvalue weighted by atomic mass is 10.2. The molecule has 1 aliphatic rings. The van der Waals surface area contributed by atoms with Crippen LogP contribution in [0.25, 0.3) is 0 Å². The summed E-state index contributed by atoms with van der Waals surface area (Å²) in [5, 5.41) is 0. The number of alkyl halides is 3. The summed E-state index contributed by atoms with van der Waals surface area (Å²) in [5.41, 5.74) is 1.17. The van der Waals surface area contributed by atoms with Gasteiger partial charge in [-0.3, -0.25) is 9.80 Å². The van der Waals surface area contributed by atoms with Gasteiger partial charge in [0.1, 0.15) is 0 Å². The monoisotopic (exact) mass is 336 g/mol. The van der Waals surface area contributed by atoms with Crippen molar-refractivity contribution in [1.29, 1.82) is 0 Å². The Morgan fingerprint density at radius 2 is 1.58 bits per heavy atom. The average Bonchev–Trinajstić information content (AvgIpc) is 2.33. The van der Waals surface area contributed by atoms with E-state index < -0.39 is 12.7 Å². The number of rotatable bonds is 3. The maximum Gasteiger partial charge on any atom is 0.401 e. The van der Waals surface area contributed by atoms with Gasteiger partial charge in [-0.1, -0.05) is 34.1 Å². The van der Waals surface area contributed by atoms with Crippen molar-refractivity contribution in [2.45, 2.75) is 12.7 Å². The lowest BCUT2D eigenvalue weighted by Gasteiger charge is -2.35. The predicted octanol–water partition coefficient (Wildman–Crippen LogP) is 3.13. The second-order valence-electron chi connectivity index (χ2n) is 4.76. The number of benzene rings is 1. The number of hydrogen-bond acceptors (Lipinski definition) is 2. The van der Waals surface area contributed by atoms with Crippen molar-refractivity contribution >= 4 is 15.9 Å². The molecule has 1 aromatic rings. The molecule has 1 aromatic carbocycles. The third kappa shape index (κ3) is 4.78. The molecule has 1 saturated heterocycles. The largest absolute Gasteiger partial charge is 0.401 e. The van der Waals surface area contributed by atoms with Crippen molar-refractivity contribution in [1.82, 2.24) is 9.80 Å². The molecular weight excluding hydrogens is 321 g/mol. The molecule has 106 valence electrons. The summed E-state index contributed by atoms with van der Waals surface area (Å²) in [5.74, 6) is 0. The Balaban J connectivity index is 1.82. The summed E-state index contributed by atoms with van der Waals surface area (Å²) in [7, 11) is 0. The molecule has 0 spiro atoms. The molecule has 0 unspecified atom stereocenters. The van der Waals surface area contributed by atoms with Gasteiger partial charge in [0.2, 0.25) is 0 Å². The van der Waals surface area contributed by atoms with E-state index in [-0.39, 0.29) is 0 Å². The van der Waals surface area contributed by atoms with E-state index in [1.54, 1.807) is 0 Å². The first-order chi connectivity index (χ1) is 8.94. The zero-order valence-corrected chi connectivity index (χ0v) is 12.0. The Labute approximate surface area is 119 Å². The van der Waals surface area contributed by atoms with E-state index in [0.717, 1.165) is 11.0 Å². The zero-order chi connectivity index (χ0) is 13.9. The molecule has 2 nitrogen and oxygen atoms in total. The molecule has 0 bridgehead atoms. The number of nitrogens with zero attached hydrogens (tertiary/aromatic N) is 2. The second kappa shape index (κ2) is 6.24. The van der Waals surface area contributed by atoms with E-state index >= 15 is 0 Å². The van der Waals surface area contributed by atoms with Crippen molar-refractivity contribution in [2.75, 3.05) is 32.7 Å². The van der Waals surface area contributed by atoms with Gasteiger partial charge in [0.05, 0.1) is 6.54 Å². The van der Waals surface area contributed by atoms with E-state index in [9.17, 15) is 13.2 Å². The van der Waals surface area contributed by atoms with Gasteiger partial charge in [-0.25, -0.2) is 0 Å². The molecule has 0 aliphatic carbocycles. The van der Waals surface area contributed by atoms with Crippen molar-refractivity contribution in [2.24, 2.45) is 0 Å². The lowest BCUT2D eigenvalue weighted by molar-refractivity contribution is -0.149. The molecule has 0 saturated carbocycles. The van der Waals surface area contributed by atoms with Gasteiger partial charge in [0.25, 0.3) is 0 Å². The number of hydrogen-bond donors (Lipinski definition) is 0. The molecule has 0 amide bonds. The Morgan fingerprint density at radius 3 is 2.16 bits per heavy atom. The molecule has 2 rings (SSSR count). The summed E-state index contributed by atoms with van der Waals surface area (Å²) in [6.07, 6.45) is -4.09. The number of piperazine rings is 1. The van der Waals surface area contributed by atoms with Crippen LogP contribution in [0, 0.1) is 0 Å². The van der Waals surface area contributed by atoms with E-state index in [1.165, 1.54) is 10.5 Å². The molecule has 0 atom stereocenters. The maximum absolute atomic E-state index is 12.3. The van der Waals surface area contributed by atoms with Crippen LogP contribution in [0.4, 0.5) is 13.2 Å². The van der Waals surface area contributed by atoms with Crippen LogP contribution in [0.1, 0.15) is 5.56 Å². The minimum atomic E-state index is -4.09. The third-order valence-corrected chi connectivity index (χ3v) is 3.99. The highest BCUT2D eigenvalue weighted by atomic mass is 79.9. The smallest absolute Gasteiger partial charge is 0.297 e. The highest BCUT2D eigenvalue weighted by Crippen LogP contribution is 2.20. The van der Waals surface area contributed by atoms with Gasteiger partial charge in [-0.15, -0.1) is 0 Å². The summed E-state index contributed by atoms with van der Waals surface area (Å²) >= 11 is 3.49. The third-order valence-electron chi connectivity index (χ3n) is 3.22. The Bertz CT molecular complexity index is 415. The highest BCUT2D eigenvalue weighted by molar-refractivity contribution is 9.10. The topological polar surface area (TPSA) is 6.48 Å². The van der Waals surface area contributed by atoms with Crippen LogP contribution >= 0.6 is 15.9 Å². The van der Waals surface area contributed by atoms with Gasteiger partial charge in [-0.2, -0.15) is 13.2 Å². The Kier molecular flexibility index (Phi) is 4.86. The average molecular weight is 337 g/mol. The normalized spacial score (nSPS) is 18.7. The first kappa shape index (κ1) is 14.8. The standard InChI is InChI=1S/C13H16BrF3N2/c14-12-4-2-1-3-11(12)9-18-5-7-19(8-6-18)10-13(15,16)17/h1-4H,5-10H2. The molecule has 1 heterocycles. The van der Waals surface area contributed by atoms with Crippen molar-refractivity contribution < 1.29 is 13.2 Å². The maximum atomic E-state index is 12.3. The van der Waals surface area contributed by atoms with E-state index in [1.807, 2.05) is 24.3 Å². The molecule has 19 heavy (non-hydrogen) atoms. The van der Waals surface area contributed by atoms with Gasteiger partial charge in [-0.05, 0) is 11.6 Å². The summed E-state index contributed by atoms with van der Waals surface area (Å²) in [4.78, 5) is 3.66. The fourth-order valence-corrected chi connectivity index (χ4v) is 2.64. The quantitative estimate of drug-likeness (QED) is 0.836. The number of halogens is 4. The van der Waals surface area contributed by atoms with Gasteiger partial charge >= 0.3 is 6.18 Å². The minimum absolute atomic E-state index is 0.476. The van der Waals surface area contributed by atoms with Crippen LogP contribution in [0.2, 0.25) is 0 Å². The van der Waals surface area contributed by atoms with Crippen molar-refractivity contribution in [3.63, 3.8) is 0 Å². The van der Waals surface area contributed by atoms with E-state index in [2.05, 4.69) is 20.8 Å². The Morgan fingerprint density at radius 1 is 1.00 bits per heavy atom. The first-order valence-electron chi connectivity index (χ1n) is 6.19.